The number of carbonyl (C=O) groups is 2. The Morgan fingerprint density at radius 3 is 1.19 bits per heavy atom. The van der Waals surface area contributed by atoms with Gasteiger partial charge in [0.25, 0.3) is 7.59 Å². The van der Waals surface area contributed by atoms with Crippen molar-refractivity contribution in [3.8, 4) is 0 Å². The minimum atomic E-state index is -2.18. The van der Waals surface area contributed by atoms with Crippen molar-refractivity contribution in [1.82, 2.24) is 0 Å². The van der Waals surface area contributed by atoms with Gasteiger partial charge >= 0.3 is 11.9 Å². The first kappa shape index (κ1) is 16.7. The number of hydrogen-bond donors (Lipinski definition) is 0. The van der Waals surface area contributed by atoms with Crippen molar-refractivity contribution in [3.63, 3.8) is 0 Å². The number of ether oxygens (including phenoxy) is 2. The molecule has 0 bridgehead atoms. The lowest BCUT2D eigenvalue weighted by Gasteiger charge is -2.12. The molecule has 10 heteroatoms. The Morgan fingerprint density at radius 1 is 0.750 bits per heavy atom. The minimum Gasteiger partial charge on any atom is -0.459 e. The van der Waals surface area contributed by atoms with Crippen LogP contribution in [0.1, 0.15) is 0 Å². The van der Waals surface area contributed by atoms with Crippen molar-refractivity contribution < 1.29 is 19.1 Å². The maximum absolute atomic E-state index is 10.9. The van der Waals surface area contributed by atoms with Crippen LogP contribution in [0.2, 0.25) is 0 Å². The van der Waals surface area contributed by atoms with Crippen LogP contribution in [0.3, 0.4) is 0 Å². The normalized spacial score (nSPS) is 12.1. The van der Waals surface area contributed by atoms with Crippen LogP contribution >= 0.6 is 69.6 Å². The fourth-order valence-electron chi connectivity index (χ4n) is 0.432. The highest BCUT2D eigenvalue weighted by molar-refractivity contribution is 6.76. The predicted molar refractivity (Wildman–Crippen MR) is 62.5 cm³/mol. The largest absolute Gasteiger partial charge is 0.459 e. The van der Waals surface area contributed by atoms with Crippen molar-refractivity contribution in [2.75, 3.05) is 13.2 Å². The molecule has 0 amide bonds. The van der Waals surface area contributed by atoms with Crippen LogP contribution in [0.15, 0.2) is 0 Å². The van der Waals surface area contributed by atoms with E-state index >= 15 is 0 Å². The molecular formula is C6H4Cl6O4. The van der Waals surface area contributed by atoms with Gasteiger partial charge in [0, 0.05) is 0 Å². The maximum atomic E-state index is 10.9. The fraction of sp³-hybridized carbons (Fsp3) is 0.667. The van der Waals surface area contributed by atoms with Crippen molar-refractivity contribution in [3.05, 3.63) is 0 Å². The molecule has 0 rings (SSSR count). The van der Waals surface area contributed by atoms with Crippen LogP contribution in [0.5, 0.6) is 0 Å². The lowest BCUT2D eigenvalue weighted by atomic mass is 10.7. The number of halogens is 6. The molecule has 0 heterocycles. The quantitative estimate of drug-likeness (QED) is 0.445. The third-order valence-electron chi connectivity index (χ3n) is 1.01. The molecule has 0 aromatic heterocycles. The Hall–Kier alpha value is 0.680. The second-order valence-electron chi connectivity index (χ2n) is 2.27. The molecule has 0 aliphatic heterocycles. The molecule has 0 unspecified atom stereocenters. The van der Waals surface area contributed by atoms with Gasteiger partial charge in [-0.1, -0.05) is 69.6 Å². The summed E-state index contributed by atoms with van der Waals surface area (Å²) in [4.78, 5) is 21.7. The summed E-state index contributed by atoms with van der Waals surface area (Å²) >= 11 is 31.1. The number of hydrogen-bond acceptors (Lipinski definition) is 4. The monoisotopic (exact) mass is 350 g/mol. The molecule has 4 nitrogen and oxygen atoms in total. The Morgan fingerprint density at radius 2 is 1.00 bits per heavy atom. The Bertz CT molecular complexity index is 239. The summed E-state index contributed by atoms with van der Waals surface area (Å²) < 4.78 is 4.49. The lowest BCUT2D eigenvalue weighted by molar-refractivity contribution is -0.151. The van der Waals surface area contributed by atoms with Gasteiger partial charge in [0.1, 0.15) is 13.2 Å². The first-order valence-corrected chi connectivity index (χ1v) is 5.80. The van der Waals surface area contributed by atoms with Crippen LogP contribution < -0.4 is 0 Å². The molecule has 94 valence electrons. The summed E-state index contributed by atoms with van der Waals surface area (Å²) in [6.45, 7) is -0.640. The van der Waals surface area contributed by atoms with E-state index in [1.54, 1.807) is 0 Å². The molecular weight excluding hydrogens is 349 g/mol. The zero-order valence-electron chi connectivity index (χ0n) is 7.31. The third kappa shape index (κ3) is 7.09. The second kappa shape index (κ2) is 6.57. The average molecular weight is 353 g/mol. The maximum Gasteiger partial charge on any atom is 0.358 e. The smallest absolute Gasteiger partial charge is 0.358 e. The van der Waals surface area contributed by atoms with E-state index in [1.165, 1.54) is 0 Å². The van der Waals surface area contributed by atoms with Crippen LogP contribution in [-0.4, -0.2) is 32.7 Å². The van der Waals surface area contributed by atoms with Gasteiger partial charge in [-0.05, 0) is 0 Å². The first-order valence-electron chi connectivity index (χ1n) is 3.53. The summed E-state index contributed by atoms with van der Waals surface area (Å²) in [6.07, 6.45) is 0. The summed E-state index contributed by atoms with van der Waals surface area (Å²) in [7, 11) is 0. The van der Waals surface area contributed by atoms with E-state index in [9.17, 15) is 9.59 Å². The minimum absolute atomic E-state index is 0.320. The number of alkyl halides is 6. The molecule has 0 aromatic carbocycles. The molecule has 0 aromatic rings. The Labute approximate surface area is 121 Å². The van der Waals surface area contributed by atoms with Crippen LogP contribution in [0.25, 0.3) is 0 Å². The van der Waals surface area contributed by atoms with Gasteiger partial charge in [-0.25, -0.2) is 9.59 Å². The van der Waals surface area contributed by atoms with E-state index in [2.05, 4.69) is 9.47 Å². The van der Waals surface area contributed by atoms with Crippen LogP contribution in [-0.2, 0) is 19.1 Å². The molecule has 0 spiro atoms. The van der Waals surface area contributed by atoms with E-state index < -0.39 is 19.5 Å². The van der Waals surface area contributed by atoms with Gasteiger partial charge in [0.15, 0.2) is 0 Å². The number of carbonyl (C=O) groups excluding carboxylic acids is 2. The van der Waals surface area contributed by atoms with Gasteiger partial charge in [-0.2, -0.15) is 0 Å². The zero-order chi connectivity index (χ0) is 13.0. The van der Waals surface area contributed by atoms with Gasteiger partial charge in [0.05, 0.1) is 0 Å². The molecule has 0 fully saturated rings. The SMILES string of the molecule is O=C(OCCOC(=O)C(Cl)(Cl)Cl)C(Cl)(Cl)Cl. The Kier molecular flexibility index (Phi) is 6.85. The van der Waals surface area contributed by atoms with Crippen molar-refractivity contribution in [2.45, 2.75) is 7.59 Å². The topological polar surface area (TPSA) is 52.6 Å². The highest BCUT2D eigenvalue weighted by Crippen LogP contribution is 2.28. The molecule has 0 radical (unpaired) electrons. The lowest BCUT2D eigenvalue weighted by Crippen LogP contribution is -2.27. The molecule has 0 aliphatic rings. The second-order valence-corrected chi connectivity index (χ2v) is 6.83. The Balaban J connectivity index is 3.79. The van der Waals surface area contributed by atoms with Gasteiger partial charge in [0.2, 0.25) is 0 Å². The molecule has 0 aliphatic carbocycles. The molecule has 0 saturated carbocycles. The van der Waals surface area contributed by atoms with Gasteiger partial charge in [-0.15, -0.1) is 0 Å². The van der Waals surface area contributed by atoms with Crippen molar-refractivity contribution in [2.24, 2.45) is 0 Å². The number of rotatable bonds is 3. The van der Waals surface area contributed by atoms with Gasteiger partial charge < -0.3 is 9.47 Å². The van der Waals surface area contributed by atoms with Crippen molar-refractivity contribution >= 4 is 81.5 Å². The van der Waals surface area contributed by atoms with Crippen LogP contribution in [0.4, 0.5) is 0 Å². The summed E-state index contributed by atoms with van der Waals surface area (Å²) in [5, 5.41) is 0. The average Bonchev–Trinajstić information content (AvgIpc) is 2.08. The standard InChI is InChI=1S/C6H4Cl6O4/c7-5(8,9)3(13)15-1-2-16-4(14)6(10,11)12/h1-2H2. The highest BCUT2D eigenvalue weighted by atomic mass is 35.6. The van der Waals surface area contributed by atoms with E-state index in [-0.39, 0.29) is 13.2 Å². The molecule has 16 heavy (non-hydrogen) atoms. The fourth-order valence-corrected chi connectivity index (χ4v) is 0.760. The third-order valence-corrected chi connectivity index (χ3v) is 1.94. The highest BCUT2D eigenvalue weighted by Gasteiger charge is 2.34. The molecule has 0 atom stereocenters. The summed E-state index contributed by atoms with van der Waals surface area (Å²) in [5.74, 6) is -2.19. The van der Waals surface area contributed by atoms with E-state index in [4.69, 9.17) is 69.6 Å². The van der Waals surface area contributed by atoms with Crippen molar-refractivity contribution in [1.29, 1.82) is 0 Å². The summed E-state index contributed by atoms with van der Waals surface area (Å²) in [5.41, 5.74) is 0. The first-order chi connectivity index (χ1) is 7.05. The number of esters is 2. The van der Waals surface area contributed by atoms with E-state index in [0.29, 0.717) is 0 Å². The van der Waals surface area contributed by atoms with Gasteiger partial charge in [-0.3, -0.25) is 0 Å². The van der Waals surface area contributed by atoms with E-state index in [1.807, 2.05) is 0 Å². The van der Waals surface area contributed by atoms with Crippen LogP contribution in [0, 0.1) is 0 Å². The molecule has 0 saturated heterocycles. The summed E-state index contributed by atoms with van der Waals surface area (Å²) in [6, 6.07) is 0. The predicted octanol–water partition coefficient (Wildman–Crippen LogP) is 2.81. The zero-order valence-corrected chi connectivity index (χ0v) is 11.9. The van der Waals surface area contributed by atoms with E-state index in [0.717, 1.165) is 0 Å². The molecule has 0 N–H and O–H groups in total.